The SMILES string of the molecule is Cc1cn(C/C=C/Cl)cc(Br)c1=O. The molecule has 0 N–H and O–H groups in total. The molecule has 0 aliphatic heterocycles. The van der Waals surface area contributed by atoms with E-state index >= 15 is 0 Å². The molecule has 4 heteroatoms. The molecule has 0 radical (unpaired) electrons. The molecular formula is C9H9BrClNO. The van der Waals surface area contributed by atoms with Crippen LogP contribution in [0.15, 0.2) is 33.3 Å². The van der Waals surface area contributed by atoms with Gasteiger partial charge in [0.1, 0.15) is 0 Å². The van der Waals surface area contributed by atoms with E-state index in [1.807, 2.05) is 4.57 Å². The Morgan fingerprint density at radius 1 is 1.62 bits per heavy atom. The number of hydrogen-bond acceptors (Lipinski definition) is 1. The summed E-state index contributed by atoms with van der Waals surface area (Å²) in [6, 6.07) is 0. The minimum absolute atomic E-state index is 0.0334. The first-order chi connectivity index (χ1) is 6.15. The molecule has 13 heavy (non-hydrogen) atoms. The van der Waals surface area contributed by atoms with Gasteiger partial charge in [-0.3, -0.25) is 4.79 Å². The smallest absolute Gasteiger partial charge is 0.198 e. The predicted octanol–water partition coefficient (Wildman–Crippen LogP) is 2.67. The summed E-state index contributed by atoms with van der Waals surface area (Å²) in [7, 11) is 0. The molecule has 70 valence electrons. The molecule has 0 spiro atoms. The lowest BCUT2D eigenvalue weighted by Crippen LogP contribution is -2.10. The molecule has 0 saturated carbocycles. The van der Waals surface area contributed by atoms with E-state index in [2.05, 4.69) is 15.9 Å². The highest BCUT2D eigenvalue weighted by Crippen LogP contribution is 2.04. The molecule has 0 aliphatic carbocycles. The first-order valence-corrected chi connectivity index (χ1v) is 4.99. The Kier molecular flexibility index (Phi) is 3.75. The highest BCUT2D eigenvalue weighted by molar-refractivity contribution is 9.10. The zero-order valence-electron chi connectivity index (χ0n) is 7.13. The van der Waals surface area contributed by atoms with Gasteiger partial charge in [-0.05, 0) is 22.9 Å². The average Bonchev–Trinajstić information content (AvgIpc) is 2.10. The number of halogens is 2. The van der Waals surface area contributed by atoms with Gasteiger partial charge in [-0.15, -0.1) is 0 Å². The Morgan fingerprint density at radius 3 is 2.85 bits per heavy atom. The maximum absolute atomic E-state index is 11.3. The molecule has 0 atom stereocenters. The predicted molar refractivity (Wildman–Crippen MR) is 58.1 cm³/mol. The standard InChI is InChI=1S/C9H9BrClNO/c1-7-5-12(4-2-3-11)6-8(10)9(7)13/h2-3,5-6H,4H2,1H3/b3-2+. The van der Waals surface area contributed by atoms with Gasteiger partial charge in [-0.25, -0.2) is 0 Å². The highest BCUT2D eigenvalue weighted by Gasteiger charge is 1.99. The largest absolute Gasteiger partial charge is 0.349 e. The summed E-state index contributed by atoms with van der Waals surface area (Å²) >= 11 is 8.59. The molecule has 0 saturated heterocycles. The van der Waals surface area contributed by atoms with Crippen molar-refractivity contribution in [1.29, 1.82) is 0 Å². The Bertz CT molecular complexity index is 357. The molecule has 0 aromatic carbocycles. The molecule has 1 aromatic rings. The van der Waals surface area contributed by atoms with Crippen LogP contribution in [0.25, 0.3) is 0 Å². The van der Waals surface area contributed by atoms with Crippen molar-refractivity contribution in [3.05, 3.63) is 44.3 Å². The number of nitrogens with zero attached hydrogens (tertiary/aromatic N) is 1. The van der Waals surface area contributed by atoms with E-state index in [9.17, 15) is 4.79 Å². The molecule has 0 bridgehead atoms. The van der Waals surface area contributed by atoms with Crippen molar-refractivity contribution in [3.8, 4) is 0 Å². The summed E-state index contributed by atoms with van der Waals surface area (Å²) in [6.07, 6.45) is 5.34. The van der Waals surface area contributed by atoms with Gasteiger partial charge < -0.3 is 4.57 Å². The van der Waals surface area contributed by atoms with Gasteiger partial charge in [-0.2, -0.15) is 0 Å². The van der Waals surface area contributed by atoms with Crippen molar-refractivity contribution < 1.29 is 0 Å². The summed E-state index contributed by atoms with van der Waals surface area (Å²) in [5.74, 6) is 0. The average molecular weight is 263 g/mol. The first-order valence-electron chi connectivity index (χ1n) is 3.76. The highest BCUT2D eigenvalue weighted by atomic mass is 79.9. The molecule has 0 aliphatic rings. The summed E-state index contributed by atoms with van der Waals surface area (Å²) in [4.78, 5) is 11.3. The van der Waals surface area contributed by atoms with Crippen molar-refractivity contribution in [2.24, 2.45) is 0 Å². The van der Waals surface area contributed by atoms with Gasteiger partial charge in [0, 0.05) is 30.0 Å². The summed E-state index contributed by atoms with van der Waals surface area (Å²) in [6.45, 7) is 2.46. The number of rotatable bonds is 2. The zero-order chi connectivity index (χ0) is 9.84. The zero-order valence-corrected chi connectivity index (χ0v) is 9.47. The molecule has 1 rings (SSSR count). The molecule has 0 unspecified atom stereocenters. The van der Waals surface area contributed by atoms with Crippen molar-refractivity contribution in [3.63, 3.8) is 0 Å². The Balaban J connectivity index is 3.06. The third-order valence-electron chi connectivity index (χ3n) is 1.62. The van der Waals surface area contributed by atoms with Gasteiger partial charge >= 0.3 is 0 Å². The van der Waals surface area contributed by atoms with E-state index in [4.69, 9.17) is 11.6 Å². The summed E-state index contributed by atoms with van der Waals surface area (Å²) in [5.41, 5.74) is 2.21. The normalized spacial score (nSPS) is 11.0. The van der Waals surface area contributed by atoms with E-state index in [-0.39, 0.29) is 5.43 Å². The van der Waals surface area contributed by atoms with Crippen molar-refractivity contribution in [2.75, 3.05) is 0 Å². The maximum Gasteiger partial charge on any atom is 0.198 e. The monoisotopic (exact) mass is 261 g/mol. The number of allylic oxidation sites excluding steroid dienone is 1. The van der Waals surface area contributed by atoms with Crippen molar-refractivity contribution >= 4 is 27.5 Å². The second kappa shape index (κ2) is 4.63. The van der Waals surface area contributed by atoms with Crippen LogP contribution in [0.2, 0.25) is 0 Å². The molecule has 0 fully saturated rings. The van der Waals surface area contributed by atoms with E-state index < -0.39 is 0 Å². The van der Waals surface area contributed by atoms with Crippen LogP contribution < -0.4 is 5.43 Å². The van der Waals surface area contributed by atoms with Crippen LogP contribution in [0.5, 0.6) is 0 Å². The van der Waals surface area contributed by atoms with Crippen LogP contribution in [-0.4, -0.2) is 4.57 Å². The fourth-order valence-corrected chi connectivity index (χ4v) is 1.66. The first kappa shape index (κ1) is 10.5. The van der Waals surface area contributed by atoms with E-state index in [0.717, 1.165) is 5.56 Å². The van der Waals surface area contributed by atoms with Crippen molar-refractivity contribution in [2.45, 2.75) is 13.5 Å². The van der Waals surface area contributed by atoms with E-state index in [1.165, 1.54) is 5.54 Å². The topological polar surface area (TPSA) is 22.0 Å². The second-order valence-corrected chi connectivity index (χ2v) is 3.78. The van der Waals surface area contributed by atoms with Crippen LogP contribution >= 0.6 is 27.5 Å². The molecule has 1 heterocycles. The lowest BCUT2D eigenvalue weighted by Gasteiger charge is -2.04. The van der Waals surface area contributed by atoms with Crippen LogP contribution in [0.3, 0.4) is 0 Å². The van der Waals surface area contributed by atoms with Gasteiger partial charge in [0.15, 0.2) is 5.43 Å². The molecule has 0 amide bonds. The summed E-state index contributed by atoms with van der Waals surface area (Å²) in [5, 5.41) is 0. The number of aryl methyl sites for hydroxylation is 1. The fraction of sp³-hybridized carbons (Fsp3) is 0.222. The molecule has 1 aromatic heterocycles. The number of aromatic nitrogens is 1. The lowest BCUT2D eigenvalue weighted by molar-refractivity contribution is 0.800. The lowest BCUT2D eigenvalue weighted by atomic mass is 10.3. The van der Waals surface area contributed by atoms with Crippen LogP contribution in [0.1, 0.15) is 5.56 Å². The Hall–Kier alpha value is -0.540. The Morgan fingerprint density at radius 2 is 2.31 bits per heavy atom. The van der Waals surface area contributed by atoms with Crippen molar-refractivity contribution in [1.82, 2.24) is 4.57 Å². The fourth-order valence-electron chi connectivity index (χ4n) is 1.00. The van der Waals surface area contributed by atoms with Gasteiger partial charge in [-0.1, -0.05) is 17.7 Å². The van der Waals surface area contributed by atoms with Crippen LogP contribution in [0.4, 0.5) is 0 Å². The van der Waals surface area contributed by atoms with E-state index in [0.29, 0.717) is 11.0 Å². The summed E-state index contributed by atoms with van der Waals surface area (Å²) < 4.78 is 2.47. The third-order valence-corrected chi connectivity index (χ3v) is 2.36. The van der Waals surface area contributed by atoms with Gasteiger partial charge in [0.25, 0.3) is 0 Å². The van der Waals surface area contributed by atoms with Crippen LogP contribution in [0, 0.1) is 6.92 Å². The minimum atomic E-state index is 0.0334. The molecule has 2 nitrogen and oxygen atoms in total. The Labute approximate surface area is 90.0 Å². The van der Waals surface area contributed by atoms with Gasteiger partial charge in [0.2, 0.25) is 0 Å². The third kappa shape index (κ3) is 2.71. The number of hydrogen-bond donors (Lipinski definition) is 0. The molecular weight excluding hydrogens is 253 g/mol. The van der Waals surface area contributed by atoms with E-state index in [1.54, 1.807) is 25.4 Å². The van der Waals surface area contributed by atoms with Crippen LogP contribution in [-0.2, 0) is 6.54 Å². The quantitative estimate of drug-likeness (QED) is 0.803. The second-order valence-electron chi connectivity index (χ2n) is 2.68. The minimum Gasteiger partial charge on any atom is -0.349 e. The number of pyridine rings is 1. The van der Waals surface area contributed by atoms with Gasteiger partial charge in [0.05, 0.1) is 4.47 Å². The maximum atomic E-state index is 11.3.